The topological polar surface area (TPSA) is 102 Å². The number of ether oxygens (including phenoxy) is 4. The Kier molecular flexibility index (Phi) is 7.00. The second-order valence-corrected chi connectivity index (χ2v) is 10.7. The zero-order valence-corrected chi connectivity index (χ0v) is 22.4. The van der Waals surface area contributed by atoms with Gasteiger partial charge >= 0.3 is 5.16 Å². The van der Waals surface area contributed by atoms with E-state index >= 15 is 0 Å². The predicted molar refractivity (Wildman–Crippen MR) is 127 cm³/mol. The summed E-state index contributed by atoms with van der Waals surface area (Å²) in [4.78, 5) is 12.1. The van der Waals surface area contributed by atoms with E-state index in [0.29, 0.717) is 37.5 Å². The van der Waals surface area contributed by atoms with E-state index in [1.807, 2.05) is 37.3 Å². The number of hydrogen-bond acceptors (Lipinski definition) is 7. The summed E-state index contributed by atoms with van der Waals surface area (Å²) in [5.74, 6) is 0.486. The molecule has 5 heterocycles. The van der Waals surface area contributed by atoms with Crippen molar-refractivity contribution in [3.63, 3.8) is 0 Å². The molecule has 3 aromatic rings. The third kappa shape index (κ3) is 4.41. The van der Waals surface area contributed by atoms with Crippen LogP contribution in [-0.4, -0.2) is 81.5 Å². The Balaban J connectivity index is 0.00000241. The first-order valence-corrected chi connectivity index (χ1v) is 12.7. The van der Waals surface area contributed by atoms with Gasteiger partial charge in [0.2, 0.25) is 0 Å². The van der Waals surface area contributed by atoms with E-state index in [4.69, 9.17) is 18.9 Å². The van der Waals surface area contributed by atoms with E-state index in [1.165, 1.54) is 6.42 Å². The Morgan fingerprint density at radius 2 is 1.88 bits per heavy atom. The molecule has 2 bridgehead atoms. The number of nitrogens with zero attached hydrogens (tertiary/aromatic N) is 2. The quantitative estimate of drug-likeness (QED) is 0.400. The molecule has 8 nitrogen and oxygen atoms in total. The number of benzene rings is 1. The van der Waals surface area contributed by atoms with Crippen LogP contribution >= 0.6 is 0 Å². The van der Waals surface area contributed by atoms with Crippen LogP contribution in [-0.2, 0) is 31.1 Å². The van der Waals surface area contributed by atoms with E-state index in [9.17, 15) is 4.55 Å². The molecule has 1 unspecified atom stereocenters. The number of rotatable bonds is 7. The first kappa shape index (κ1) is 24.5. The number of para-hydroxylation sites is 2. The SMILES string of the molecule is Cc1c(OCC23COC(C4CCC4)(OC2)OC3)ccnc1C[S+]([O-])c1nc2ccccc2[nH]1.[Na]. The van der Waals surface area contributed by atoms with Gasteiger partial charge in [0.1, 0.15) is 12.4 Å². The molecule has 1 aliphatic carbocycles. The van der Waals surface area contributed by atoms with Crippen molar-refractivity contribution in [2.45, 2.75) is 43.1 Å². The monoisotopic (exact) mass is 492 g/mol. The number of nitrogens with one attached hydrogen (secondary N) is 1. The number of H-pyrrole nitrogens is 1. The Morgan fingerprint density at radius 3 is 2.56 bits per heavy atom. The van der Waals surface area contributed by atoms with Gasteiger partial charge in [0, 0.05) is 58.4 Å². The van der Waals surface area contributed by atoms with Crippen LogP contribution in [0.5, 0.6) is 5.75 Å². The summed E-state index contributed by atoms with van der Waals surface area (Å²) in [5.41, 5.74) is 2.95. The summed E-state index contributed by atoms with van der Waals surface area (Å²) >= 11 is -1.35. The van der Waals surface area contributed by atoms with Gasteiger partial charge in [-0.25, -0.2) is 0 Å². The minimum absolute atomic E-state index is 0. The fourth-order valence-electron chi connectivity index (χ4n) is 4.57. The fraction of sp³-hybridized carbons (Fsp3) is 0.500. The second-order valence-electron chi connectivity index (χ2n) is 9.32. The van der Waals surface area contributed by atoms with E-state index in [-0.39, 0.29) is 40.7 Å². The molecule has 1 aromatic carbocycles. The third-order valence-corrected chi connectivity index (χ3v) is 8.15. The maximum atomic E-state index is 13.0. The molecule has 4 aliphatic rings. The molecule has 1 N–H and O–H groups in total. The van der Waals surface area contributed by atoms with Crippen molar-refractivity contribution in [3.05, 3.63) is 47.8 Å². The average molecular weight is 493 g/mol. The van der Waals surface area contributed by atoms with Crippen LogP contribution in [0.1, 0.15) is 30.5 Å². The minimum Gasteiger partial charge on any atom is -0.609 e. The average Bonchev–Trinajstić information content (AvgIpc) is 3.24. The largest absolute Gasteiger partial charge is 0.609 e. The molecule has 34 heavy (non-hydrogen) atoms. The molecular weight excluding hydrogens is 465 g/mol. The molecule has 0 amide bonds. The summed E-state index contributed by atoms with van der Waals surface area (Å²) in [6, 6.07) is 9.49. The van der Waals surface area contributed by atoms with Crippen LogP contribution in [0.4, 0.5) is 0 Å². The predicted octanol–water partition coefficient (Wildman–Crippen LogP) is 3.09. The number of pyridine rings is 1. The molecule has 7 rings (SSSR count). The Hall–Kier alpha value is -1.17. The molecule has 0 spiro atoms. The number of aromatic amines is 1. The van der Waals surface area contributed by atoms with E-state index in [2.05, 4.69) is 15.0 Å². The first-order valence-electron chi connectivity index (χ1n) is 11.4. The number of imidazole rings is 1. The van der Waals surface area contributed by atoms with Crippen molar-refractivity contribution in [3.8, 4) is 5.75 Å². The van der Waals surface area contributed by atoms with Gasteiger partial charge in [-0.05, 0) is 38.0 Å². The van der Waals surface area contributed by atoms with Gasteiger partial charge < -0.3 is 23.5 Å². The van der Waals surface area contributed by atoms with Gasteiger partial charge in [0.25, 0.3) is 5.97 Å². The summed E-state index contributed by atoms with van der Waals surface area (Å²) in [5, 5.41) is 0.452. The molecule has 1 atom stereocenters. The van der Waals surface area contributed by atoms with Crippen molar-refractivity contribution in [1.29, 1.82) is 0 Å². The second kappa shape index (κ2) is 9.71. The van der Waals surface area contributed by atoms with Crippen molar-refractivity contribution < 1.29 is 23.5 Å². The minimum atomic E-state index is -1.35. The van der Waals surface area contributed by atoms with Gasteiger partial charge in [-0.2, -0.15) is 4.98 Å². The van der Waals surface area contributed by atoms with Crippen LogP contribution in [0.15, 0.2) is 41.7 Å². The standard InChI is InChI=1S/C24H27N3O5S.Na/c1-16-20(11-33(28)22-26-18-7-2-3-8-19(18)27-22)25-10-9-21(16)29-12-23-13-30-24(31-14-23,32-15-23)17-5-4-6-17;/h2-3,7-10,17H,4-6,11-15H2,1H3,(H,26,27);. The Bertz CT molecular complexity index is 1110. The van der Waals surface area contributed by atoms with Crippen LogP contribution in [0.25, 0.3) is 11.0 Å². The van der Waals surface area contributed by atoms with Crippen molar-refractivity contribution in [2.75, 3.05) is 26.4 Å². The Labute approximate surface area is 223 Å². The van der Waals surface area contributed by atoms with Crippen LogP contribution in [0, 0.1) is 18.3 Å². The fourth-order valence-corrected chi connectivity index (χ4v) is 5.67. The normalized spacial score (nSPS) is 27.2. The molecule has 1 saturated carbocycles. The molecule has 175 valence electrons. The maximum absolute atomic E-state index is 13.0. The maximum Gasteiger partial charge on any atom is 0.322 e. The van der Waals surface area contributed by atoms with Crippen molar-refractivity contribution in [2.24, 2.45) is 11.3 Å². The van der Waals surface area contributed by atoms with Crippen LogP contribution < -0.4 is 4.74 Å². The van der Waals surface area contributed by atoms with Gasteiger partial charge in [-0.15, -0.1) is 0 Å². The number of hydrogen-bond donors (Lipinski definition) is 1. The molecule has 3 aliphatic heterocycles. The van der Waals surface area contributed by atoms with E-state index in [0.717, 1.165) is 40.9 Å². The first-order chi connectivity index (χ1) is 16.1. The van der Waals surface area contributed by atoms with Gasteiger partial charge in [0.05, 0.1) is 42.0 Å². The van der Waals surface area contributed by atoms with Crippen LogP contribution in [0.3, 0.4) is 0 Å². The van der Waals surface area contributed by atoms with E-state index < -0.39 is 17.1 Å². The van der Waals surface area contributed by atoms with Crippen molar-refractivity contribution >= 4 is 51.8 Å². The summed E-state index contributed by atoms with van der Waals surface area (Å²) < 4.78 is 37.3. The number of aromatic nitrogens is 3. The zero-order chi connectivity index (χ0) is 22.5. The summed E-state index contributed by atoms with van der Waals surface area (Å²) in [6.45, 7) is 4.06. The third-order valence-electron chi connectivity index (χ3n) is 6.99. The molecule has 1 radical (unpaired) electrons. The molecule has 4 fully saturated rings. The Morgan fingerprint density at radius 1 is 1.15 bits per heavy atom. The van der Waals surface area contributed by atoms with Crippen LogP contribution in [0.2, 0.25) is 0 Å². The van der Waals surface area contributed by atoms with Crippen molar-refractivity contribution in [1.82, 2.24) is 15.0 Å². The smallest absolute Gasteiger partial charge is 0.322 e. The molecular formula is C24H27N3NaO5S. The summed E-state index contributed by atoms with van der Waals surface area (Å²) in [6.07, 6.45) is 5.09. The molecule has 2 aromatic heterocycles. The van der Waals surface area contributed by atoms with E-state index in [1.54, 1.807) is 6.20 Å². The summed E-state index contributed by atoms with van der Waals surface area (Å²) in [7, 11) is 0. The van der Waals surface area contributed by atoms with Gasteiger partial charge in [0.15, 0.2) is 5.75 Å². The van der Waals surface area contributed by atoms with Gasteiger partial charge in [-0.1, -0.05) is 18.6 Å². The zero-order valence-electron chi connectivity index (χ0n) is 19.5. The molecule has 3 saturated heterocycles. The molecule has 10 heteroatoms. The number of fused-ring (bicyclic) bond motifs is 4. The van der Waals surface area contributed by atoms with Gasteiger partial charge in [-0.3, -0.25) is 9.97 Å².